The van der Waals surface area contributed by atoms with E-state index in [1.165, 1.54) is 0 Å². The Bertz CT molecular complexity index is 693. The van der Waals surface area contributed by atoms with E-state index >= 15 is 0 Å². The van der Waals surface area contributed by atoms with E-state index in [4.69, 9.17) is 12.2 Å². The van der Waals surface area contributed by atoms with E-state index < -0.39 is 0 Å². The molecule has 22 heavy (non-hydrogen) atoms. The number of rotatable bonds is 5. The predicted octanol–water partition coefficient (Wildman–Crippen LogP) is 2.89. The summed E-state index contributed by atoms with van der Waals surface area (Å²) >= 11 is 5.13. The lowest BCUT2D eigenvalue weighted by atomic mass is 10.2. The number of hydrogen-bond donors (Lipinski definition) is 2. The first-order valence-corrected chi connectivity index (χ1v) is 7.60. The number of benzene rings is 1. The van der Waals surface area contributed by atoms with Crippen molar-refractivity contribution >= 4 is 33.9 Å². The van der Waals surface area contributed by atoms with Crippen LogP contribution >= 0.6 is 12.2 Å². The van der Waals surface area contributed by atoms with Gasteiger partial charge in [0.15, 0.2) is 5.69 Å². The zero-order valence-corrected chi connectivity index (χ0v) is 13.9. The van der Waals surface area contributed by atoms with Gasteiger partial charge in [-0.15, -0.1) is 10.2 Å². The third kappa shape index (κ3) is 3.61. The average molecular weight is 319 g/mol. The number of azo groups is 1. The molecule has 6 nitrogen and oxygen atoms in total. The Kier molecular flexibility index (Phi) is 5.46. The zero-order chi connectivity index (χ0) is 16.1. The second kappa shape index (κ2) is 7.33. The molecule has 0 spiro atoms. The lowest BCUT2D eigenvalue weighted by Gasteiger charge is -2.09. The summed E-state index contributed by atoms with van der Waals surface area (Å²) in [7, 11) is 3.98. The van der Waals surface area contributed by atoms with Crippen molar-refractivity contribution in [3.05, 3.63) is 24.3 Å². The summed E-state index contributed by atoms with van der Waals surface area (Å²) in [6, 6.07) is 7.71. The van der Waals surface area contributed by atoms with Crippen LogP contribution in [0.25, 0.3) is 10.9 Å². The van der Waals surface area contributed by atoms with Gasteiger partial charge in [0.05, 0.1) is 5.52 Å². The van der Waals surface area contributed by atoms with E-state index in [-0.39, 0.29) is 5.88 Å². The summed E-state index contributed by atoms with van der Waals surface area (Å²) < 4.78 is 1.80. The minimum absolute atomic E-state index is 0.114. The van der Waals surface area contributed by atoms with Crippen LogP contribution < -0.4 is 5.32 Å². The standard InChI is InChI=1S/C15H21N5OS/c1-4-20-12-8-6-5-7-11(12)13(14(20)21)17-18-15(22)16-9-10-19(2)3/h5-8,21H,4,9-10H2,1-3H3,(H,16,22). The average Bonchev–Trinajstić information content (AvgIpc) is 2.76. The Labute approximate surface area is 135 Å². The number of nitrogens with zero attached hydrogens (tertiary/aromatic N) is 4. The van der Waals surface area contributed by atoms with Gasteiger partial charge in [-0.1, -0.05) is 18.2 Å². The number of aryl methyl sites for hydroxylation is 1. The molecule has 1 aromatic carbocycles. The summed E-state index contributed by atoms with van der Waals surface area (Å²) in [5.41, 5.74) is 1.39. The van der Waals surface area contributed by atoms with E-state index in [9.17, 15) is 5.11 Å². The van der Waals surface area contributed by atoms with Crippen LogP contribution in [0.1, 0.15) is 6.92 Å². The van der Waals surface area contributed by atoms with Gasteiger partial charge in [-0.25, -0.2) is 0 Å². The highest BCUT2D eigenvalue weighted by Gasteiger charge is 2.15. The number of aromatic nitrogens is 1. The molecular weight excluding hydrogens is 298 g/mol. The molecule has 0 atom stereocenters. The van der Waals surface area contributed by atoms with Gasteiger partial charge in [0.25, 0.3) is 0 Å². The molecule has 118 valence electrons. The molecule has 0 unspecified atom stereocenters. The summed E-state index contributed by atoms with van der Waals surface area (Å²) in [4.78, 5) is 2.05. The van der Waals surface area contributed by atoms with Gasteiger partial charge >= 0.3 is 0 Å². The first-order chi connectivity index (χ1) is 10.5. The zero-order valence-electron chi connectivity index (χ0n) is 13.1. The Balaban J connectivity index is 2.19. The van der Waals surface area contributed by atoms with E-state index in [0.717, 1.165) is 17.4 Å². The molecule has 2 rings (SSSR count). The number of aromatic hydroxyl groups is 1. The molecule has 0 aliphatic carbocycles. The van der Waals surface area contributed by atoms with Gasteiger partial charge in [0.2, 0.25) is 11.0 Å². The topological polar surface area (TPSA) is 65.1 Å². The fourth-order valence-electron chi connectivity index (χ4n) is 2.21. The molecule has 0 fully saturated rings. The normalized spacial score (nSPS) is 11.6. The van der Waals surface area contributed by atoms with Crippen molar-refractivity contribution in [2.75, 3.05) is 27.2 Å². The lowest BCUT2D eigenvalue weighted by molar-refractivity contribution is 0.413. The van der Waals surface area contributed by atoms with Crippen LogP contribution in [0, 0.1) is 0 Å². The van der Waals surface area contributed by atoms with Gasteiger partial charge in [-0.05, 0) is 39.3 Å². The van der Waals surface area contributed by atoms with Gasteiger partial charge < -0.3 is 19.9 Å². The van der Waals surface area contributed by atoms with Crippen LogP contribution in [0.4, 0.5) is 5.69 Å². The highest BCUT2D eigenvalue weighted by atomic mass is 32.1. The molecule has 0 saturated heterocycles. The third-order valence-corrected chi connectivity index (χ3v) is 3.54. The first kappa shape index (κ1) is 16.4. The van der Waals surface area contributed by atoms with E-state index in [1.807, 2.05) is 50.2 Å². The molecule has 1 aromatic heterocycles. The number of fused-ring (bicyclic) bond motifs is 1. The summed E-state index contributed by atoms with van der Waals surface area (Å²) in [5, 5.41) is 22.6. The minimum atomic E-state index is 0.114. The molecule has 7 heteroatoms. The fraction of sp³-hybridized carbons (Fsp3) is 0.400. The van der Waals surface area contributed by atoms with Gasteiger partial charge in [-0.3, -0.25) is 0 Å². The molecule has 0 aliphatic rings. The molecule has 0 saturated carbocycles. The molecule has 0 amide bonds. The van der Waals surface area contributed by atoms with Crippen molar-refractivity contribution < 1.29 is 5.11 Å². The molecule has 0 aliphatic heterocycles. The summed E-state index contributed by atoms with van der Waals surface area (Å²) in [6.45, 7) is 4.19. The van der Waals surface area contributed by atoms with Crippen LogP contribution in [0.5, 0.6) is 5.88 Å². The Hall–Kier alpha value is -1.99. The van der Waals surface area contributed by atoms with Gasteiger partial charge in [0.1, 0.15) is 0 Å². The van der Waals surface area contributed by atoms with Crippen molar-refractivity contribution in [2.45, 2.75) is 13.5 Å². The number of hydrogen-bond acceptors (Lipinski definition) is 4. The largest absolute Gasteiger partial charge is 0.493 e. The van der Waals surface area contributed by atoms with E-state index in [1.54, 1.807) is 4.57 Å². The summed E-state index contributed by atoms with van der Waals surface area (Å²) in [5.74, 6) is 0.114. The van der Waals surface area contributed by atoms with Gasteiger partial charge in [-0.2, -0.15) is 0 Å². The maximum Gasteiger partial charge on any atom is 0.220 e. The SMILES string of the molecule is CCn1c(O)c(N=NC(=S)NCCN(C)C)c2ccccc21. The minimum Gasteiger partial charge on any atom is -0.493 e. The maximum atomic E-state index is 10.3. The number of para-hydroxylation sites is 1. The van der Waals surface area contributed by atoms with E-state index in [2.05, 4.69) is 15.5 Å². The second-order valence-corrected chi connectivity index (χ2v) is 5.56. The Morgan fingerprint density at radius 2 is 2.09 bits per heavy atom. The molecule has 2 aromatic rings. The smallest absolute Gasteiger partial charge is 0.220 e. The van der Waals surface area contributed by atoms with Crippen LogP contribution in [0.2, 0.25) is 0 Å². The monoisotopic (exact) mass is 319 g/mol. The predicted molar refractivity (Wildman–Crippen MR) is 92.9 cm³/mol. The molecule has 2 N–H and O–H groups in total. The van der Waals surface area contributed by atoms with E-state index in [0.29, 0.717) is 23.9 Å². The van der Waals surface area contributed by atoms with Crippen molar-refractivity contribution in [3.8, 4) is 5.88 Å². The highest BCUT2D eigenvalue weighted by molar-refractivity contribution is 7.80. The van der Waals surface area contributed by atoms with Gasteiger partial charge in [0, 0.05) is 25.0 Å². The maximum absolute atomic E-state index is 10.3. The van der Waals surface area contributed by atoms with Crippen molar-refractivity contribution in [1.29, 1.82) is 0 Å². The molecule has 1 heterocycles. The molecule has 0 bridgehead atoms. The Morgan fingerprint density at radius 1 is 1.36 bits per heavy atom. The van der Waals surface area contributed by atoms with Crippen molar-refractivity contribution in [3.63, 3.8) is 0 Å². The lowest BCUT2D eigenvalue weighted by Crippen LogP contribution is -2.29. The third-order valence-electron chi connectivity index (χ3n) is 3.31. The van der Waals surface area contributed by atoms with Crippen LogP contribution in [-0.4, -0.2) is 46.9 Å². The highest BCUT2D eigenvalue weighted by Crippen LogP contribution is 2.38. The summed E-state index contributed by atoms with van der Waals surface area (Å²) in [6.07, 6.45) is 0. The molecule has 0 radical (unpaired) electrons. The Morgan fingerprint density at radius 3 is 2.77 bits per heavy atom. The number of likely N-dealkylation sites (N-methyl/N-ethyl adjacent to an activating group) is 1. The first-order valence-electron chi connectivity index (χ1n) is 7.19. The van der Waals surface area contributed by atoms with Crippen LogP contribution in [-0.2, 0) is 6.54 Å². The van der Waals surface area contributed by atoms with Crippen molar-refractivity contribution in [2.24, 2.45) is 10.2 Å². The molecular formula is C15H21N5OS. The second-order valence-electron chi connectivity index (χ2n) is 5.17. The number of nitrogens with one attached hydrogen (secondary N) is 1. The quantitative estimate of drug-likeness (QED) is 0.657. The van der Waals surface area contributed by atoms with Crippen molar-refractivity contribution in [1.82, 2.24) is 14.8 Å². The number of thiocarbonyl (C=S) groups is 1. The van der Waals surface area contributed by atoms with Crippen LogP contribution in [0.15, 0.2) is 34.5 Å². The van der Waals surface area contributed by atoms with Crippen LogP contribution in [0.3, 0.4) is 0 Å². The fourth-order valence-corrected chi connectivity index (χ4v) is 2.35.